The highest BCUT2D eigenvalue weighted by Crippen LogP contribution is 2.28. The summed E-state index contributed by atoms with van der Waals surface area (Å²) < 4.78 is 21.0. The molecule has 0 fully saturated rings. The number of benzene rings is 1. The lowest BCUT2D eigenvalue weighted by atomic mass is 10.2. The average molecular weight is 409 g/mol. The van der Waals surface area contributed by atoms with Crippen LogP contribution in [0.1, 0.15) is 32.2 Å². The van der Waals surface area contributed by atoms with Crippen molar-refractivity contribution in [2.45, 2.75) is 6.61 Å². The number of ether oxygens (including phenoxy) is 3. The maximum Gasteiger partial charge on any atom is 0.373 e. The van der Waals surface area contributed by atoms with E-state index >= 15 is 0 Å². The van der Waals surface area contributed by atoms with E-state index < -0.39 is 5.97 Å². The van der Waals surface area contributed by atoms with Crippen molar-refractivity contribution < 1.29 is 28.2 Å². The van der Waals surface area contributed by atoms with Crippen LogP contribution in [-0.2, 0) is 11.3 Å². The summed E-state index contributed by atoms with van der Waals surface area (Å²) in [5.74, 6) is 0.584. The fraction of sp³-hybridized carbons (Fsp3) is 0.143. The Hall–Kier alpha value is -4.14. The van der Waals surface area contributed by atoms with Crippen molar-refractivity contribution in [3.05, 3.63) is 77.5 Å². The third-order valence-corrected chi connectivity index (χ3v) is 3.91. The van der Waals surface area contributed by atoms with Crippen LogP contribution in [0, 0.1) is 0 Å². The van der Waals surface area contributed by atoms with Crippen molar-refractivity contribution in [2.75, 3.05) is 14.2 Å². The fourth-order valence-electron chi connectivity index (χ4n) is 2.43. The molecule has 1 aromatic carbocycles. The van der Waals surface area contributed by atoms with Crippen LogP contribution in [0.4, 0.5) is 0 Å². The first-order valence-corrected chi connectivity index (χ1v) is 8.82. The first-order chi connectivity index (χ1) is 14.6. The molecule has 9 heteroatoms. The maximum atomic E-state index is 11.9. The smallest absolute Gasteiger partial charge is 0.373 e. The van der Waals surface area contributed by atoms with Crippen LogP contribution >= 0.6 is 0 Å². The minimum absolute atomic E-state index is 0.0992. The van der Waals surface area contributed by atoms with E-state index in [1.807, 2.05) is 0 Å². The second kappa shape index (κ2) is 9.87. The lowest BCUT2D eigenvalue weighted by Gasteiger charge is -2.10. The molecule has 9 nitrogen and oxygen atoms in total. The Labute approximate surface area is 172 Å². The van der Waals surface area contributed by atoms with Gasteiger partial charge in [0.15, 0.2) is 11.5 Å². The van der Waals surface area contributed by atoms with Crippen molar-refractivity contribution in [1.82, 2.24) is 10.4 Å². The molecule has 0 aliphatic rings. The van der Waals surface area contributed by atoms with Gasteiger partial charge in [0.2, 0.25) is 5.76 Å². The van der Waals surface area contributed by atoms with E-state index in [1.165, 1.54) is 32.7 Å². The quantitative estimate of drug-likeness (QED) is 0.346. The van der Waals surface area contributed by atoms with Crippen LogP contribution < -0.4 is 14.9 Å². The lowest BCUT2D eigenvalue weighted by Crippen LogP contribution is -2.17. The summed E-state index contributed by atoms with van der Waals surface area (Å²) in [6.07, 6.45) is 4.52. The van der Waals surface area contributed by atoms with Gasteiger partial charge in [-0.05, 0) is 48.0 Å². The molecular weight excluding hydrogens is 390 g/mol. The molecule has 0 atom stereocenters. The number of nitrogens with one attached hydrogen (secondary N) is 1. The molecule has 0 bridgehead atoms. The molecule has 30 heavy (non-hydrogen) atoms. The van der Waals surface area contributed by atoms with Crippen LogP contribution in [0.25, 0.3) is 0 Å². The third kappa shape index (κ3) is 5.22. The van der Waals surface area contributed by atoms with Crippen LogP contribution in [0.5, 0.6) is 11.5 Å². The molecule has 0 aliphatic heterocycles. The Bertz CT molecular complexity index is 1050. The standard InChI is InChI=1S/C21H19N3O6/c1-27-19-10-14(11-23-24-20(25)15-4-3-9-22-12-15)5-7-17(19)29-13-16-6-8-18(30-16)21(26)28-2/h3-12H,13H2,1-2H3,(H,24,25)/b23-11+. The van der Waals surface area contributed by atoms with Crippen LogP contribution in [0.2, 0.25) is 0 Å². The van der Waals surface area contributed by atoms with Crippen LogP contribution in [0.3, 0.4) is 0 Å². The molecule has 2 heterocycles. The number of carbonyl (C=O) groups is 2. The van der Waals surface area contributed by atoms with Crippen molar-refractivity contribution >= 4 is 18.1 Å². The topological polar surface area (TPSA) is 112 Å². The summed E-state index contributed by atoms with van der Waals surface area (Å²) in [5, 5.41) is 3.94. The molecule has 0 saturated heterocycles. The number of amides is 1. The molecule has 3 rings (SSSR count). The van der Waals surface area contributed by atoms with Gasteiger partial charge in [-0.2, -0.15) is 5.10 Å². The number of esters is 1. The van der Waals surface area contributed by atoms with Crippen molar-refractivity contribution in [3.63, 3.8) is 0 Å². The predicted octanol–water partition coefficient (Wildman–Crippen LogP) is 2.81. The normalized spacial score (nSPS) is 10.6. The van der Waals surface area contributed by atoms with Crippen molar-refractivity contribution in [2.24, 2.45) is 5.10 Å². The molecule has 0 unspecified atom stereocenters. The van der Waals surface area contributed by atoms with E-state index in [9.17, 15) is 9.59 Å². The third-order valence-electron chi connectivity index (χ3n) is 3.91. The molecule has 3 aromatic rings. The van der Waals surface area contributed by atoms with Gasteiger partial charge >= 0.3 is 5.97 Å². The molecular formula is C21H19N3O6. The van der Waals surface area contributed by atoms with Crippen LogP contribution in [0.15, 0.2) is 64.4 Å². The van der Waals surface area contributed by atoms with Gasteiger partial charge in [-0.15, -0.1) is 0 Å². The van der Waals surface area contributed by atoms with Gasteiger partial charge in [-0.1, -0.05) is 0 Å². The van der Waals surface area contributed by atoms with Crippen molar-refractivity contribution in [1.29, 1.82) is 0 Å². The van der Waals surface area contributed by atoms with E-state index in [-0.39, 0.29) is 18.3 Å². The SMILES string of the molecule is COC(=O)c1ccc(COc2ccc(/C=N/NC(=O)c3cccnc3)cc2OC)o1. The van der Waals surface area contributed by atoms with Crippen molar-refractivity contribution in [3.8, 4) is 11.5 Å². The first-order valence-electron chi connectivity index (χ1n) is 8.82. The van der Waals surface area contributed by atoms with Gasteiger partial charge in [0.05, 0.1) is 26.0 Å². The van der Waals surface area contributed by atoms with E-state index in [0.717, 1.165) is 0 Å². The summed E-state index contributed by atoms with van der Waals surface area (Å²) in [5.41, 5.74) is 3.53. The second-order valence-corrected chi connectivity index (χ2v) is 5.90. The second-order valence-electron chi connectivity index (χ2n) is 5.90. The number of furan rings is 1. The van der Waals surface area contributed by atoms with E-state index in [2.05, 4.69) is 20.2 Å². The minimum Gasteiger partial charge on any atom is -0.493 e. The van der Waals surface area contributed by atoms with Crippen LogP contribution in [-0.4, -0.2) is 37.3 Å². The van der Waals surface area contributed by atoms with Gasteiger partial charge in [0.25, 0.3) is 5.91 Å². The molecule has 154 valence electrons. The van der Waals surface area contributed by atoms with Gasteiger partial charge in [0.1, 0.15) is 12.4 Å². The van der Waals surface area contributed by atoms with Gasteiger partial charge < -0.3 is 18.6 Å². The summed E-state index contributed by atoms with van der Waals surface area (Å²) in [6.45, 7) is 0.0992. The lowest BCUT2D eigenvalue weighted by molar-refractivity contribution is 0.0560. The first kappa shape index (κ1) is 20.6. The molecule has 1 N–H and O–H groups in total. The largest absolute Gasteiger partial charge is 0.493 e. The number of hydrogen-bond acceptors (Lipinski definition) is 8. The molecule has 0 aliphatic carbocycles. The van der Waals surface area contributed by atoms with Gasteiger partial charge in [-0.3, -0.25) is 9.78 Å². The molecule has 0 spiro atoms. The number of pyridine rings is 1. The summed E-state index contributed by atoms with van der Waals surface area (Å²) in [4.78, 5) is 27.3. The summed E-state index contributed by atoms with van der Waals surface area (Å²) in [6, 6.07) is 11.6. The molecule has 0 saturated carbocycles. The predicted molar refractivity (Wildman–Crippen MR) is 107 cm³/mol. The Kier molecular flexibility index (Phi) is 6.78. The number of methoxy groups -OCH3 is 2. The minimum atomic E-state index is -0.557. The van der Waals surface area contributed by atoms with E-state index in [1.54, 1.807) is 42.6 Å². The highest BCUT2D eigenvalue weighted by Gasteiger charge is 2.12. The highest BCUT2D eigenvalue weighted by molar-refractivity contribution is 5.94. The van der Waals surface area contributed by atoms with E-state index in [0.29, 0.717) is 28.4 Å². The van der Waals surface area contributed by atoms with Gasteiger partial charge in [0, 0.05) is 12.4 Å². The summed E-state index contributed by atoms with van der Waals surface area (Å²) >= 11 is 0. The Morgan fingerprint density at radius 1 is 1.17 bits per heavy atom. The molecule has 1 amide bonds. The maximum absolute atomic E-state index is 11.9. The fourth-order valence-corrected chi connectivity index (χ4v) is 2.43. The zero-order valence-electron chi connectivity index (χ0n) is 16.3. The zero-order valence-corrected chi connectivity index (χ0v) is 16.3. The number of hydrazone groups is 1. The Balaban J connectivity index is 1.61. The number of rotatable bonds is 8. The zero-order chi connectivity index (χ0) is 21.3. The summed E-state index contributed by atoms with van der Waals surface area (Å²) in [7, 11) is 2.79. The van der Waals surface area contributed by atoms with Gasteiger partial charge in [-0.25, -0.2) is 10.2 Å². The Morgan fingerprint density at radius 2 is 2.03 bits per heavy atom. The number of aromatic nitrogens is 1. The highest BCUT2D eigenvalue weighted by atomic mass is 16.5. The number of carbonyl (C=O) groups excluding carboxylic acids is 2. The number of hydrogen-bond donors (Lipinski definition) is 1. The monoisotopic (exact) mass is 409 g/mol. The average Bonchev–Trinajstić information content (AvgIpc) is 3.27. The van der Waals surface area contributed by atoms with E-state index in [4.69, 9.17) is 13.9 Å². The molecule has 0 radical (unpaired) electrons. The molecule has 2 aromatic heterocycles. The Morgan fingerprint density at radius 3 is 2.77 bits per heavy atom. The number of nitrogens with zero attached hydrogens (tertiary/aromatic N) is 2.